The van der Waals surface area contributed by atoms with Crippen molar-refractivity contribution < 1.29 is 28.7 Å². The average molecular weight is 511 g/mol. The van der Waals surface area contributed by atoms with Gasteiger partial charge in [0.15, 0.2) is 5.96 Å². The van der Waals surface area contributed by atoms with Crippen LogP contribution >= 0.6 is 0 Å². The Hall–Kier alpha value is -3.28. The van der Waals surface area contributed by atoms with Crippen LogP contribution in [0.25, 0.3) is 0 Å². The number of rotatable bonds is 15. The first-order chi connectivity index (χ1) is 17.1. The van der Waals surface area contributed by atoms with Crippen LogP contribution in [0.5, 0.6) is 0 Å². The Balaban J connectivity index is 2.05. The van der Waals surface area contributed by atoms with E-state index in [-0.39, 0.29) is 56.7 Å². The van der Waals surface area contributed by atoms with E-state index in [9.17, 15) is 19.2 Å². The van der Waals surface area contributed by atoms with Crippen LogP contribution in [0.3, 0.4) is 0 Å². The van der Waals surface area contributed by atoms with E-state index in [4.69, 9.17) is 26.2 Å². The molecule has 0 aromatic rings. The molecule has 1 saturated heterocycles. The van der Waals surface area contributed by atoms with Gasteiger partial charge in [-0.2, -0.15) is 5.26 Å². The molecule has 4 amide bonds. The van der Waals surface area contributed by atoms with Crippen molar-refractivity contribution in [3.63, 3.8) is 0 Å². The highest BCUT2D eigenvalue weighted by Crippen LogP contribution is 2.17. The Labute approximate surface area is 211 Å². The number of carbonyl (C=O) groups is 4. The van der Waals surface area contributed by atoms with E-state index in [0.29, 0.717) is 32.4 Å². The van der Waals surface area contributed by atoms with Crippen molar-refractivity contribution in [2.24, 2.45) is 16.5 Å². The standard InChI is InChI=1S/C22H38N8O6/c1-15(21(34)30-9-4-5-17(30)13-23)28-19(32)14-36-12-11-35-10-8-26-20(33)18(24)6-3-7-27-22(25)29-16(2)31/h15,17-18H,3-12,14,24H2,1-2H3,(H,26,33)(H,28,32)(H3,25,27,29,31)/t15-,17?,18+/m1/s1. The van der Waals surface area contributed by atoms with E-state index in [0.717, 1.165) is 6.42 Å². The van der Waals surface area contributed by atoms with Gasteiger partial charge in [-0.25, -0.2) is 0 Å². The number of guanidine groups is 1. The molecule has 7 N–H and O–H groups in total. The van der Waals surface area contributed by atoms with Crippen molar-refractivity contribution in [3.05, 3.63) is 0 Å². The molecule has 36 heavy (non-hydrogen) atoms. The number of likely N-dealkylation sites (tertiary alicyclic amines) is 1. The molecule has 0 aromatic heterocycles. The first-order valence-corrected chi connectivity index (χ1v) is 11.9. The van der Waals surface area contributed by atoms with Gasteiger partial charge >= 0.3 is 0 Å². The number of carbonyl (C=O) groups excluding carboxylic acids is 4. The average Bonchev–Trinajstić information content (AvgIpc) is 3.31. The lowest BCUT2D eigenvalue weighted by atomic mass is 10.1. The molecule has 1 rings (SSSR count). The fourth-order valence-electron chi connectivity index (χ4n) is 3.38. The number of amides is 4. The third kappa shape index (κ3) is 12.4. The zero-order valence-corrected chi connectivity index (χ0v) is 21.0. The Morgan fingerprint density at radius 2 is 1.94 bits per heavy atom. The van der Waals surface area contributed by atoms with Gasteiger partial charge in [-0.05, 0) is 32.6 Å². The lowest BCUT2D eigenvalue weighted by Crippen LogP contribution is -2.49. The van der Waals surface area contributed by atoms with Crippen LogP contribution in [0.1, 0.15) is 39.5 Å². The van der Waals surface area contributed by atoms with Gasteiger partial charge in [0.2, 0.25) is 23.6 Å². The van der Waals surface area contributed by atoms with Crippen LogP contribution < -0.4 is 27.4 Å². The fourth-order valence-corrected chi connectivity index (χ4v) is 3.38. The molecular weight excluding hydrogens is 472 g/mol. The molecule has 202 valence electrons. The van der Waals surface area contributed by atoms with E-state index < -0.39 is 24.0 Å². The van der Waals surface area contributed by atoms with Crippen LogP contribution in [0.4, 0.5) is 0 Å². The second-order valence-corrected chi connectivity index (χ2v) is 8.26. The first-order valence-electron chi connectivity index (χ1n) is 11.9. The molecule has 1 aliphatic heterocycles. The minimum Gasteiger partial charge on any atom is -0.377 e. The zero-order valence-electron chi connectivity index (χ0n) is 21.0. The predicted molar refractivity (Wildman–Crippen MR) is 130 cm³/mol. The molecule has 0 radical (unpaired) electrons. The summed E-state index contributed by atoms with van der Waals surface area (Å²) in [6.07, 6.45) is 2.36. The van der Waals surface area contributed by atoms with Gasteiger partial charge in [0.05, 0.1) is 31.9 Å². The normalized spacial score (nSPS) is 17.1. The molecule has 3 atom stereocenters. The van der Waals surface area contributed by atoms with Crippen molar-refractivity contribution in [3.8, 4) is 6.07 Å². The third-order valence-electron chi connectivity index (χ3n) is 5.18. The molecule has 1 aliphatic rings. The number of nitrogens with one attached hydrogen (secondary N) is 3. The van der Waals surface area contributed by atoms with Gasteiger partial charge in [-0.3, -0.25) is 29.5 Å². The van der Waals surface area contributed by atoms with Crippen LogP contribution in [0, 0.1) is 11.3 Å². The maximum Gasteiger partial charge on any atom is 0.246 e. The predicted octanol–water partition coefficient (Wildman–Crippen LogP) is -2.29. The monoisotopic (exact) mass is 510 g/mol. The molecule has 0 aliphatic carbocycles. The van der Waals surface area contributed by atoms with Crippen LogP contribution in [0.15, 0.2) is 4.99 Å². The summed E-state index contributed by atoms with van der Waals surface area (Å²) in [4.78, 5) is 52.6. The number of aliphatic imine (C=N–C) groups is 1. The smallest absolute Gasteiger partial charge is 0.246 e. The van der Waals surface area contributed by atoms with Crippen LogP contribution in [-0.4, -0.2) is 98.7 Å². The van der Waals surface area contributed by atoms with Gasteiger partial charge in [-0.15, -0.1) is 0 Å². The molecule has 1 unspecified atom stereocenters. The van der Waals surface area contributed by atoms with Crippen molar-refractivity contribution in [1.29, 1.82) is 5.26 Å². The highest BCUT2D eigenvalue weighted by Gasteiger charge is 2.31. The van der Waals surface area contributed by atoms with E-state index in [1.54, 1.807) is 6.92 Å². The topological polar surface area (TPSA) is 214 Å². The summed E-state index contributed by atoms with van der Waals surface area (Å²) < 4.78 is 10.6. The minimum atomic E-state index is -0.740. The highest BCUT2D eigenvalue weighted by molar-refractivity contribution is 5.94. The van der Waals surface area contributed by atoms with Gasteiger partial charge in [0.25, 0.3) is 0 Å². The molecule has 0 spiro atoms. The number of nitriles is 1. The lowest BCUT2D eigenvalue weighted by Gasteiger charge is -2.24. The molecule has 1 fully saturated rings. The van der Waals surface area contributed by atoms with Crippen molar-refractivity contribution in [1.82, 2.24) is 20.9 Å². The lowest BCUT2D eigenvalue weighted by molar-refractivity contribution is -0.137. The van der Waals surface area contributed by atoms with Gasteiger partial charge in [0, 0.05) is 26.6 Å². The second kappa shape index (κ2) is 17.2. The second-order valence-electron chi connectivity index (χ2n) is 8.26. The third-order valence-corrected chi connectivity index (χ3v) is 5.18. The Bertz CT molecular complexity index is 815. The summed E-state index contributed by atoms with van der Waals surface area (Å²) in [5.41, 5.74) is 11.3. The first kappa shape index (κ1) is 30.8. The maximum atomic E-state index is 12.4. The van der Waals surface area contributed by atoms with Crippen LogP contribution in [-0.2, 0) is 28.7 Å². The number of ether oxygens (including phenoxy) is 2. The largest absolute Gasteiger partial charge is 0.377 e. The van der Waals surface area contributed by atoms with E-state index in [1.165, 1.54) is 11.8 Å². The summed E-state index contributed by atoms with van der Waals surface area (Å²) >= 11 is 0. The van der Waals surface area contributed by atoms with Crippen LogP contribution in [0.2, 0.25) is 0 Å². The number of nitrogens with two attached hydrogens (primary N) is 2. The maximum absolute atomic E-state index is 12.4. The van der Waals surface area contributed by atoms with Gasteiger partial charge in [0.1, 0.15) is 18.7 Å². The van der Waals surface area contributed by atoms with E-state index in [1.807, 2.05) is 0 Å². The molecule has 0 aromatic carbocycles. The Kier molecular flexibility index (Phi) is 14.7. The molecular formula is C22H38N8O6. The van der Waals surface area contributed by atoms with E-state index in [2.05, 4.69) is 27.0 Å². The molecule has 0 saturated carbocycles. The number of hydrogen-bond donors (Lipinski definition) is 5. The SMILES string of the molecule is CC(=O)NC(N)=NCCC[C@H](N)C(=O)NCCOCCOCC(=O)N[C@H](C)C(=O)N1CCCC1C#N. The molecule has 14 heteroatoms. The quantitative estimate of drug-likeness (QED) is 0.0909. The Morgan fingerprint density at radius 3 is 2.64 bits per heavy atom. The van der Waals surface area contributed by atoms with Gasteiger partial charge < -0.3 is 36.5 Å². The van der Waals surface area contributed by atoms with Crippen molar-refractivity contribution >= 4 is 29.6 Å². The van der Waals surface area contributed by atoms with E-state index >= 15 is 0 Å². The summed E-state index contributed by atoms with van der Waals surface area (Å²) in [7, 11) is 0. The molecule has 1 heterocycles. The van der Waals surface area contributed by atoms with Crippen molar-refractivity contribution in [2.45, 2.75) is 57.7 Å². The number of nitrogens with zero attached hydrogens (tertiary/aromatic N) is 3. The highest BCUT2D eigenvalue weighted by atomic mass is 16.5. The zero-order chi connectivity index (χ0) is 26.9. The van der Waals surface area contributed by atoms with Crippen molar-refractivity contribution in [2.75, 3.05) is 46.1 Å². The summed E-state index contributed by atoms with van der Waals surface area (Å²) in [5, 5.41) is 16.7. The number of hydrogen-bond acceptors (Lipinski definition) is 9. The molecule has 14 nitrogen and oxygen atoms in total. The Morgan fingerprint density at radius 1 is 1.22 bits per heavy atom. The minimum absolute atomic E-state index is 0.0270. The summed E-state index contributed by atoms with van der Waals surface area (Å²) in [6, 6.07) is 0.225. The van der Waals surface area contributed by atoms with Gasteiger partial charge in [-0.1, -0.05) is 0 Å². The summed E-state index contributed by atoms with van der Waals surface area (Å²) in [5.74, 6) is -1.31. The summed E-state index contributed by atoms with van der Waals surface area (Å²) in [6.45, 7) is 4.42. The fraction of sp³-hybridized carbons (Fsp3) is 0.727. The molecule has 0 bridgehead atoms.